The molecule has 1 atom stereocenters. The molecule has 5 rings (SSSR count). The fourth-order valence-corrected chi connectivity index (χ4v) is 5.72. The van der Waals surface area contributed by atoms with E-state index in [4.69, 9.17) is 4.74 Å². The Morgan fingerprint density at radius 2 is 1.70 bits per heavy atom. The summed E-state index contributed by atoms with van der Waals surface area (Å²) in [7, 11) is 0. The number of carbonyl (C=O) groups is 2. The van der Waals surface area contributed by atoms with Gasteiger partial charge in [-0.15, -0.1) is 0 Å². The largest absolute Gasteiger partial charge is 0.444 e. The number of aryl methyl sites for hydroxylation is 1. The van der Waals surface area contributed by atoms with Gasteiger partial charge in [0, 0.05) is 42.8 Å². The molecular formula is C25H31F2N3O3. The van der Waals surface area contributed by atoms with Gasteiger partial charge in [-0.3, -0.25) is 4.79 Å². The number of halogens is 2. The van der Waals surface area contributed by atoms with Crippen molar-refractivity contribution in [3.8, 4) is 0 Å². The molecule has 0 radical (unpaired) electrons. The van der Waals surface area contributed by atoms with Crippen molar-refractivity contribution >= 4 is 22.9 Å². The van der Waals surface area contributed by atoms with Crippen molar-refractivity contribution in [1.29, 1.82) is 0 Å². The third kappa shape index (κ3) is 3.58. The standard InChI is InChI=1S/C25H31F2N3O3/c1-23(2,3)33-22(32)29-14-11-24(15-29)10-13-28(16-25(24,26)27)21(31)20-17-7-4-5-8-18(17)30-12-6-9-19(20)30/h4-5,7-8H,6,9-16H2,1-3H3. The molecule has 0 N–H and O–H groups in total. The van der Waals surface area contributed by atoms with Gasteiger partial charge in [0.05, 0.1) is 17.5 Å². The number of fused-ring (bicyclic) bond motifs is 3. The number of hydrogen-bond donors (Lipinski definition) is 0. The van der Waals surface area contributed by atoms with Gasteiger partial charge < -0.3 is 19.1 Å². The van der Waals surface area contributed by atoms with Crippen LogP contribution < -0.4 is 0 Å². The van der Waals surface area contributed by atoms with E-state index in [0.717, 1.165) is 36.0 Å². The lowest BCUT2D eigenvalue weighted by Gasteiger charge is -2.45. The fourth-order valence-electron chi connectivity index (χ4n) is 5.72. The molecule has 2 fully saturated rings. The zero-order valence-corrected chi connectivity index (χ0v) is 19.5. The van der Waals surface area contributed by atoms with E-state index >= 15 is 8.78 Å². The van der Waals surface area contributed by atoms with Gasteiger partial charge in [-0.05, 0) is 52.5 Å². The van der Waals surface area contributed by atoms with Crippen molar-refractivity contribution < 1.29 is 23.1 Å². The summed E-state index contributed by atoms with van der Waals surface area (Å²) in [6.07, 6.45) is 1.57. The molecule has 8 heteroatoms. The van der Waals surface area contributed by atoms with E-state index in [-0.39, 0.29) is 38.4 Å². The summed E-state index contributed by atoms with van der Waals surface area (Å²) < 4.78 is 38.7. The molecule has 1 unspecified atom stereocenters. The van der Waals surface area contributed by atoms with E-state index in [9.17, 15) is 9.59 Å². The van der Waals surface area contributed by atoms with Crippen LogP contribution in [0, 0.1) is 5.41 Å². The number of likely N-dealkylation sites (tertiary alicyclic amines) is 2. The molecule has 6 nitrogen and oxygen atoms in total. The lowest BCUT2D eigenvalue weighted by atomic mass is 9.74. The minimum absolute atomic E-state index is 0.0402. The Kier molecular flexibility index (Phi) is 4.99. The summed E-state index contributed by atoms with van der Waals surface area (Å²) in [5, 5.41) is 0.845. The van der Waals surface area contributed by atoms with Crippen LogP contribution in [-0.2, 0) is 17.7 Å². The first kappa shape index (κ1) is 22.2. The van der Waals surface area contributed by atoms with Crippen molar-refractivity contribution in [2.45, 2.75) is 64.5 Å². The van der Waals surface area contributed by atoms with E-state index in [0.29, 0.717) is 5.56 Å². The van der Waals surface area contributed by atoms with Crippen molar-refractivity contribution in [2.24, 2.45) is 5.41 Å². The summed E-state index contributed by atoms with van der Waals surface area (Å²) in [6.45, 7) is 5.98. The normalized spacial score (nSPS) is 24.5. The maximum atomic E-state index is 15.6. The molecule has 3 aliphatic heterocycles. The van der Waals surface area contributed by atoms with Crippen LogP contribution in [0.15, 0.2) is 24.3 Å². The van der Waals surface area contributed by atoms with Crippen LogP contribution in [0.2, 0.25) is 0 Å². The predicted octanol–water partition coefficient (Wildman–Crippen LogP) is 4.70. The molecule has 1 aromatic heterocycles. The van der Waals surface area contributed by atoms with Gasteiger partial charge in [-0.1, -0.05) is 18.2 Å². The number of piperidine rings is 1. The number of nitrogens with zero attached hydrogens (tertiary/aromatic N) is 3. The fraction of sp³-hybridized carbons (Fsp3) is 0.600. The van der Waals surface area contributed by atoms with Crippen molar-refractivity contribution in [1.82, 2.24) is 14.4 Å². The first-order valence-corrected chi connectivity index (χ1v) is 11.8. The number of amides is 2. The second kappa shape index (κ2) is 7.43. The van der Waals surface area contributed by atoms with Crippen molar-refractivity contribution in [3.05, 3.63) is 35.5 Å². The highest BCUT2D eigenvalue weighted by Crippen LogP contribution is 2.50. The first-order chi connectivity index (χ1) is 15.5. The van der Waals surface area contributed by atoms with Gasteiger partial charge >= 0.3 is 6.09 Å². The molecule has 1 spiro atoms. The summed E-state index contributed by atoms with van der Waals surface area (Å²) in [5.41, 5.74) is 0.549. The Morgan fingerprint density at radius 1 is 1.00 bits per heavy atom. The third-order valence-corrected chi connectivity index (χ3v) is 7.41. The highest BCUT2D eigenvalue weighted by atomic mass is 19.3. The number of alkyl halides is 2. The highest BCUT2D eigenvalue weighted by molar-refractivity contribution is 6.08. The smallest absolute Gasteiger partial charge is 0.410 e. The number of aromatic nitrogens is 1. The van der Waals surface area contributed by atoms with Crippen LogP contribution in [0.4, 0.5) is 13.6 Å². The quantitative estimate of drug-likeness (QED) is 0.622. The Labute approximate surface area is 192 Å². The highest BCUT2D eigenvalue weighted by Gasteiger charge is 2.61. The summed E-state index contributed by atoms with van der Waals surface area (Å²) >= 11 is 0. The Hall–Kier alpha value is -2.64. The second-order valence-electron chi connectivity index (χ2n) is 10.7. The molecular weight excluding hydrogens is 428 g/mol. The van der Waals surface area contributed by atoms with Gasteiger partial charge in [0.1, 0.15) is 5.60 Å². The van der Waals surface area contributed by atoms with Crippen LogP contribution in [-0.4, -0.2) is 64.1 Å². The van der Waals surface area contributed by atoms with Crippen LogP contribution in [0.1, 0.15) is 56.1 Å². The van der Waals surface area contributed by atoms with E-state index in [1.807, 2.05) is 24.3 Å². The first-order valence-electron chi connectivity index (χ1n) is 11.8. The molecule has 3 aliphatic rings. The maximum Gasteiger partial charge on any atom is 0.410 e. The molecule has 33 heavy (non-hydrogen) atoms. The topological polar surface area (TPSA) is 54.8 Å². The van der Waals surface area contributed by atoms with Crippen LogP contribution >= 0.6 is 0 Å². The minimum atomic E-state index is -3.09. The van der Waals surface area contributed by atoms with Crippen LogP contribution in [0.5, 0.6) is 0 Å². The van der Waals surface area contributed by atoms with Crippen LogP contribution in [0.25, 0.3) is 10.9 Å². The number of carbonyl (C=O) groups excluding carboxylic acids is 2. The lowest BCUT2D eigenvalue weighted by molar-refractivity contribution is -0.155. The molecule has 2 saturated heterocycles. The summed E-state index contributed by atoms with van der Waals surface area (Å²) in [5.74, 6) is -3.39. The molecule has 178 valence electrons. The SMILES string of the molecule is CC(C)(C)OC(=O)N1CCC2(CCN(C(=O)c3c4n(c5ccccc35)CCC4)CC2(F)F)C1. The molecule has 4 heterocycles. The molecule has 2 aromatic rings. The third-order valence-electron chi connectivity index (χ3n) is 7.41. The summed E-state index contributed by atoms with van der Waals surface area (Å²) in [6, 6.07) is 7.73. The van der Waals surface area contributed by atoms with Crippen LogP contribution in [0.3, 0.4) is 0 Å². The number of ether oxygens (including phenoxy) is 1. The summed E-state index contributed by atoms with van der Waals surface area (Å²) in [4.78, 5) is 28.7. The average molecular weight is 460 g/mol. The van der Waals surface area contributed by atoms with E-state index < -0.39 is 29.6 Å². The number of rotatable bonds is 1. The Morgan fingerprint density at radius 3 is 2.42 bits per heavy atom. The zero-order valence-electron chi connectivity index (χ0n) is 19.5. The Bertz CT molecular complexity index is 1120. The minimum Gasteiger partial charge on any atom is -0.444 e. The van der Waals surface area contributed by atoms with E-state index in [1.54, 1.807) is 20.8 Å². The lowest BCUT2D eigenvalue weighted by Crippen LogP contribution is -2.58. The monoisotopic (exact) mass is 459 g/mol. The average Bonchev–Trinajstić information content (AvgIpc) is 3.43. The number of para-hydroxylation sites is 1. The van der Waals surface area contributed by atoms with Gasteiger partial charge in [-0.25, -0.2) is 13.6 Å². The predicted molar refractivity (Wildman–Crippen MR) is 121 cm³/mol. The molecule has 2 amide bonds. The van der Waals surface area contributed by atoms with Gasteiger partial charge in [-0.2, -0.15) is 0 Å². The maximum absolute atomic E-state index is 15.6. The molecule has 1 aromatic carbocycles. The number of benzene rings is 1. The van der Waals surface area contributed by atoms with E-state index in [2.05, 4.69) is 4.57 Å². The van der Waals surface area contributed by atoms with E-state index in [1.165, 1.54) is 9.80 Å². The number of hydrogen-bond acceptors (Lipinski definition) is 3. The van der Waals surface area contributed by atoms with Gasteiger partial charge in [0.15, 0.2) is 0 Å². The molecule has 0 saturated carbocycles. The molecule has 0 bridgehead atoms. The van der Waals surface area contributed by atoms with Gasteiger partial charge in [0.2, 0.25) is 0 Å². The van der Waals surface area contributed by atoms with Crippen molar-refractivity contribution in [3.63, 3.8) is 0 Å². The second-order valence-corrected chi connectivity index (χ2v) is 10.7. The zero-order chi connectivity index (χ0) is 23.6. The Balaban J connectivity index is 1.37. The molecule has 0 aliphatic carbocycles. The van der Waals surface area contributed by atoms with Gasteiger partial charge in [0.25, 0.3) is 11.8 Å². The van der Waals surface area contributed by atoms with Crippen molar-refractivity contribution in [2.75, 3.05) is 26.2 Å².